The quantitative estimate of drug-likeness (QED) is 0.703. The zero-order valence-electron chi connectivity index (χ0n) is 10.7. The summed E-state index contributed by atoms with van der Waals surface area (Å²) in [6.45, 7) is 6.44. The van der Waals surface area contributed by atoms with Crippen molar-refractivity contribution in [2.24, 2.45) is 5.92 Å². The van der Waals surface area contributed by atoms with Crippen molar-refractivity contribution < 1.29 is 4.48 Å². The number of allylic oxidation sites excluding steroid dienone is 1. The standard InChI is InChI=1S/C15H18BN/c1-12(2)8-9-13-10-14-6-4-5-7-15(14)17(11-13)16-3/h4-12H,1-3H3/q+1/b9-8+. The first-order valence-corrected chi connectivity index (χ1v) is 6.12. The van der Waals surface area contributed by atoms with Crippen LogP contribution in [0.4, 0.5) is 0 Å². The van der Waals surface area contributed by atoms with E-state index >= 15 is 0 Å². The Morgan fingerprint density at radius 2 is 2.00 bits per heavy atom. The van der Waals surface area contributed by atoms with Crippen LogP contribution in [0.3, 0.4) is 0 Å². The van der Waals surface area contributed by atoms with E-state index in [9.17, 15) is 0 Å². The van der Waals surface area contributed by atoms with Gasteiger partial charge in [0.15, 0.2) is 11.7 Å². The van der Waals surface area contributed by atoms with Gasteiger partial charge in [0.1, 0.15) is 0 Å². The molecule has 0 aliphatic rings. The number of fused-ring (bicyclic) bond motifs is 1. The van der Waals surface area contributed by atoms with Crippen LogP contribution in [0, 0.1) is 5.92 Å². The van der Waals surface area contributed by atoms with E-state index in [-0.39, 0.29) is 0 Å². The van der Waals surface area contributed by atoms with Crippen LogP contribution in [0.1, 0.15) is 19.4 Å². The van der Waals surface area contributed by atoms with E-state index in [1.807, 2.05) is 0 Å². The summed E-state index contributed by atoms with van der Waals surface area (Å²) in [5.74, 6) is 0.584. The Labute approximate surface area is 104 Å². The minimum Gasteiger partial charge on any atom is -0.284 e. The minimum absolute atomic E-state index is 0.584. The van der Waals surface area contributed by atoms with Gasteiger partial charge in [-0.25, -0.2) is 0 Å². The van der Waals surface area contributed by atoms with Crippen LogP contribution < -0.4 is 4.48 Å². The molecule has 0 unspecified atom stereocenters. The molecule has 1 aromatic heterocycles. The summed E-state index contributed by atoms with van der Waals surface area (Å²) in [6, 6.07) is 10.7. The zero-order chi connectivity index (χ0) is 12.3. The highest BCUT2D eigenvalue weighted by molar-refractivity contribution is 6.23. The lowest BCUT2D eigenvalue weighted by atomic mass is 9.96. The van der Waals surface area contributed by atoms with Gasteiger partial charge >= 0.3 is 7.41 Å². The summed E-state index contributed by atoms with van der Waals surface area (Å²) in [5.41, 5.74) is 2.49. The summed E-state index contributed by atoms with van der Waals surface area (Å²) < 4.78 is 2.18. The normalized spacial score (nSPS) is 11.5. The highest BCUT2D eigenvalue weighted by Gasteiger charge is 2.09. The third-order valence-electron chi connectivity index (χ3n) is 2.78. The molecule has 2 heteroatoms. The highest BCUT2D eigenvalue weighted by Crippen LogP contribution is 2.13. The summed E-state index contributed by atoms with van der Waals surface area (Å²) in [6.07, 6.45) is 6.59. The lowest BCUT2D eigenvalue weighted by Crippen LogP contribution is -2.38. The number of para-hydroxylation sites is 1. The summed E-state index contributed by atoms with van der Waals surface area (Å²) >= 11 is 0. The van der Waals surface area contributed by atoms with Crippen molar-refractivity contribution in [2.75, 3.05) is 0 Å². The number of hydrogen-bond acceptors (Lipinski definition) is 0. The van der Waals surface area contributed by atoms with Gasteiger partial charge in [-0.2, -0.15) is 0 Å². The molecule has 2 aromatic rings. The molecular weight excluding hydrogens is 205 g/mol. The van der Waals surface area contributed by atoms with Crippen LogP contribution in [-0.2, 0) is 0 Å². The Balaban J connectivity index is 2.52. The third-order valence-corrected chi connectivity index (χ3v) is 2.78. The van der Waals surface area contributed by atoms with E-state index in [2.05, 4.69) is 81.2 Å². The number of rotatable bonds is 3. The SMILES string of the molecule is C[B][n+]1cc(/C=C/C(C)C)cc2ccccc21. The van der Waals surface area contributed by atoms with Crippen molar-refractivity contribution in [1.82, 2.24) is 0 Å². The Bertz CT molecular complexity index is 544. The molecule has 0 saturated carbocycles. The third kappa shape index (κ3) is 2.76. The second-order valence-electron chi connectivity index (χ2n) is 4.60. The van der Waals surface area contributed by atoms with Crippen LogP contribution in [0.2, 0.25) is 6.82 Å². The molecule has 2 rings (SSSR count). The van der Waals surface area contributed by atoms with Crippen LogP contribution in [0.25, 0.3) is 17.0 Å². The lowest BCUT2D eigenvalue weighted by molar-refractivity contribution is -0.498. The minimum atomic E-state index is 0.584. The molecule has 85 valence electrons. The highest BCUT2D eigenvalue weighted by atomic mass is 14.8. The van der Waals surface area contributed by atoms with Crippen molar-refractivity contribution in [3.05, 3.63) is 48.2 Å². The van der Waals surface area contributed by atoms with Gasteiger partial charge in [0.25, 0.3) is 0 Å². The van der Waals surface area contributed by atoms with Crippen molar-refractivity contribution >= 4 is 24.4 Å². The average Bonchev–Trinajstić information content (AvgIpc) is 2.35. The summed E-state index contributed by atoms with van der Waals surface area (Å²) in [4.78, 5) is 0. The monoisotopic (exact) mass is 223 g/mol. The number of hydrogen-bond donors (Lipinski definition) is 0. The van der Waals surface area contributed by atoms with E-state index in [4.69, 9.17) is 0 Å². The van der Waals surface area contributed by atoms with Gasteiger partial charge in [0.05, 0.1) is 0 Å². The molecule has 1 heterocycles. The number of pyridine rings is 1. The Morgan fingerprint density at radius 1 is 1.24 bits per heavy atom. The summed E-state index contributed by atoms with van der Waals surface area (Å²) in [7, 11) is 2.09. The van der Waals surface area contributed by atoms with Crippen LogP contribution in [0.5, 0.6) is 0 Å². The Kier molecular flexibility index (Phi) is 3.63. The maximum absolute atomic E-state index is 2.23. The molecule has 0 saturated heterocycles. The topological polar surface area (TPSA) is 3.88 Å². The fraction of sp³-hybridized carbons (Fsp3) is 0.267. The Hall–Kier alpha value is -1.57. The van der Waals surface area contributed by atoms with E-state index in [1.54, 1.807) is 0 Å². The van der Waals surface area contributed by atoms with Crippen molar-refractivity contribution in [1.29, 1.82) is 0 Å². The zero-order valence-corrected chi connectivity index (χ0v) is 10.7. The molecule has 0 spiro atoms. The molecular formula is C15H18BN+. The van der Waals surface area contributed by atoms with Gasteiger partial charge in [-0.15, -0.1) is 0 Å². The van der Waals surface area contributed by atoms with Crippen molar-refractivity contribution in [3.8, 4) is 0 Å². The first-order chi connectivity index (χ1) is 8.20. The molecule has 0 atom stereocenters. The maximum atomic E-state index is 2.23. The maximum Gasteiger partial charge on any atom is 0.536 e. The van der Waals surface area contributed by atoms with Gasteiger partial charge in [-0.05, 0) is 24.9 Å². The van der Waals surface area contributed by atoms with Crippen LogP contribution in [0.15, 0.2) is 42.6 Å². The van der Waals surface area contributed by atoms with E-state index in [0.29, 0.717) is 5.92 Å². The fourth-order valence-corrected chi connectivity index (χ4v) is 1.90. The molecule has 0 fully saturated rings. The second-order valence-corrected chi connectivity index (χ2v) is 4.60. The molecule has 0 aliphatic heterocycles. The van der Waals surface area contributed by atoms with Gasteiger partial charge < -0.3 is 0 Å². The van der Waals surface area contributed by atoms with Crippen molar-refractivity contribution in [3.63, 3.8) is 0 Å². The van der Waals surface area contributed by atoms with Gasteiger partial charge in [0.2, 0.25) is 0 Å². The van der Waals surface area contributed by atoms with Crippen LogP contribution >= 0.6 is 0 Å². The molecule has 0 N–H and O–H groups in total. The number of nitrogens with zero attached hydrogens (tertiary/aromatic N) is 1. The molecule has 0 aliphatic carbocycles. The van der Waals surface area contributed by atoms with E-state index in [1.165, 1.54) is 16.5 Å². The van der Waals surface area contributed by atoms with E-state index in [0.717, 1.165) is 0 Å². The fourth-order valence-electron chi connectivity index (χ4n) is 1.90. The Morgan fingerprint density at radius 3 is 2.71 bits per heavy atom. The first kappa shape index (κ1) is 11.9. The molecule has 1 aromatic carbocycles. The number of benzene rings is 1. The molecule has 0 amide bonds. The number of aromatic nitrogens is 1. The van der Waals surface area contributed by atoms with Gasteiger partial charge in [-0.3, -0.25) is 4.48 Å². The molecule has 1 nitrogen and oxygen atoms in total. The predicted molar refractivity (Wildman–Crippen MR) is 75.0 cm³/mol. The molecule has 0 bridgehead atoms. The smallest absolute Gasteiger partial charge is 0.284 e. The summed E-state index contributed by atoms with van der Waals surface area (Å²) in [5, 5.41) is 1.27. The van der Waals surface area contributed by atoms with Crippen molar-refractivity contribution in [2.45, 2.75) is 20.7 Å². The average molecular weight is 223 g/mol. The molecule has 1 radical (unpaired) electrons. The van der Waals surface area contributed by atoms with Crippen LogP contribution in [-0.4, -0.2) is 7.41 Å². The largest absolute Gasteiger partial charge is 0.536 e. The molecule has 17 heavy (non-hydrogen) atoms. The lowest BCUT2D eigenvalue weighted by Gasteiger charge is -2.01. The van der Waals surface area contributed by atoms with E-state index < -0.39 is 0 Å². The second kappa shape index (κ2) is 5.18. The predicted octanol–water partition coefficient (Wildman–Crippen LogP) is 3.31. The van der Waals surface area contributed by atoms with Gasteiger partial charge in [-0.1, -0.05) is 38.1 Å². The van der Waals surface area contributed by atoms with Gasteiger partial charge in [0, 0.05) is 17.0 Å². The first-order valence-electron chi connectivity index (χ1n) is 6.12.